The van der Waals surface area contributed by atoms with E-state index in [-0.39, 0.29) is 5.91 Å². The van der Waals surface area contributed by atoms with Crippen LogP contribution in [0.25, 0.3) is 11.0 Å². The number of aromatic nitrogens is 1. The average molecular weight is 338 g/mol. The molecule has 4 aliphatic carbocycles. The minimum atomic E-state index is 0.0591. The van der Waals surface area contributed by atoms with Gasteiger partial charge in [0.05, 0.1) is 6.42 Å². The van der Waals surface area contributed by atoms with Gasteiger partial charge in [0.25, 0.3) is 0 Å². The molecule has 0 saturated heterocycles. The van der Waals surface area contributed by atoms with Crippen molar-refractivity contribution in [3.05, 3.63) is 30.0 Å². The zero-order valence-corrected chi connectivity index (χ0v) is 14.7. The van der Waals surface area contributed by atoms with Crippen molar-refractivity contribution in [3.8, 4) is 0 Å². The van der Waals surface area contributed by atoms with E-state index in [1.807, 2.05) is 24.3 Å². The fraction of sp³-hybridized carbons (Fsp3) is 0.619. The molecule has 1 aromatic carbocycles. The van der Waals surface area contributed by atoms with Crippen LogP contribution < -0.4 is 5.32 Å². The number of hydrogen-bond acceptors (Lipinski definition) is 3. The van der Waals surface area contributed by atoms with E-state index in [0.29, 0.717) is 11.8 Å². The predicted octanol–water partition coefficient (Wildman–Crippen LogP) is 4.09. The maximum absolute atomic E-state index is 12.3. The second-order valence-corrected chi connectivity index (χ2v) is 8.82. The monoisotopic (exact) mass is 338 g/mol. The topological polar surface area (TPSA) is 55.1 Å². The van der Waals surface area contributed by atoms with Crippen molar-refractivity contribution in [1.29, 1.82) is 0 Å². The number of amides is 1. The van der Waals surface area contributed by atoms with Crippen molar-refractivity contribution < 1.29 is 9.32 Å². The highest BCUT2D eigenvalue weighted by molar-refractivity contribution is 5.86. The highest BCUT2D eigenvalue weighted by Crippen LogP contribution is 2.61. The smallest absolute Gasteiger partial charge is 0.226 e. The van der Waals surface area contributed by atoms with Crippen LogP contribution in [0, 0.1) is 23.2 Å². The zero-order chi connectivity index (χ0) is 16.9. The molecule has 4 saturated carbocycles. The lowest BCUT2D eigenvalue weighted by atomic mass is 9.49. The molecule has 1 N–H and O–H groups in total. The lowest BCUT2D eigenvalue weighted by Gasteiger charge is -2.57. The summed E-state index contributed by atoms with van der Waals surface area (Å²) in [5.74, 6) is 2.99. The number of fused-ring (bicyclic) bond motifs is 1. The van der Waals surface area contributed by atoms with Gasteiger partial charge in [0.2, 0.25) is 5.91 Å². The number of para-hydroxylation sites is 1. The lowest BCUT2D eigenvalue weighted by Crippen LogP contribution is -2.47. The molecule has 1 aromatic heterocycles. The van der Waals surface area contributed by atoms with Crippen LogP contribution in [0.5, 0.6) is 0 Å². The van der Waals surface area contributed by atoms with Crippen LogP contribution in [0.3, 0.4) is 0 Å². The maximum Gasteiger partial charge on any atom is 0.226 e. The summed E-state index contributed by atoms with van der Waals surface area (Å²) in [5.41, 5.74) is 2.02. The minimum Gasteiger partial charge on any atom is -0.356 e. The first-order chi connectivity index (χ1) is 12.2. The summed E-state index contributed by atoms with van der Waals surface area (Å²) in [7, 11) is 0. The van der Waals surface area contributed by atoms with E-state index in [4.69, 9.17) is 4.52 Å². The quantitative estimate of drug-likeness (QED) is 0.893. The first-order valence-electron chi connectivity index (χ1n) is 9.79. The summed E-state index contributed by atoms with van der Waals surface area (Å²) < 4.78 is 5.29. The molecule has 4 aliphatic rings. The van der Waals surface area contributed by atoms with Crippen molar-refractivity contribution in [2.45, 2.75) is 51.4 Å². The molecule has 25 heavy (non-hydrogen) atoms. The summed E-state index contributed by atoms with van der Waals surface area (Å²) in [6.07, 6.45) is 10.1. The minimum absolute atomic E-state index is 0.0591. The second-order valence-electron chi connectivity index (χ2n) is 8.82. The molecule has 1 heterocycles. The van der Waals surface area contributed by atoms with Gasteiger partial charge >= 0.3 is 0 Å². The standard InChI is InChI=1S/C21H26N2O2/c24-20(10-18-17-3-1-2-4-19(17)25-23-18)22-6-5-21-11-14-7-15(12-21)9-16(8-14)13-21/h1-4,14-16H,5-13H2,(H,22,24). The number of nitrogens with zero attached hydrogens (tertiary/aromatic N) is 1. The molecule has 6 rings (SSSR count). The van der Waals surface area contributed by atoms with E-state index in [1.165, 1.54) is 38.5 Å². The Hall–Kier alpha value is -1.84. The maximum atomic E-state index is 12.3. The Kier molecular flexibility index (Phi) is 3.61. The number of rotatable bonds is 5. The first kappa shape index (κ1) is 15.4. The Bertz CT molecular complexity index is 759. The molecule has 4 bridgehead atoms. The number of carbonyl (C=O) groups excluding carboxylic acids is 1. The van der Waals surface area contributed by atoms with Crippen molar-refractivity contribution in [1.82, 2.24) is 10.5 Å². The zero-order valence-electron chi connectivity index (χ0n) is 14.7. The van der Waals surface area contributed by atoms with Crippen molar-refractivity contribution in [2.24, 2.45) is 23.2 Å². The second kappa shape index (κ2) is 5.86. The highest BCUT2D eigenvalue weighted by Gasteiger charge is 2.50. The van der Waals surface area contributed by atoms with Crippen LogP contribution in [0.15, 0.2) is 28.8 Å². The third-order valence-corrected chi connectivity index (χ3v) is 6.92. The fourth-order valence-corrected chi connectivity index (χ4v) is 6.34. The molecule has 2 aromatic rings. The predicted molar refractivity (Wildman–Crippen MR) is 95.9 cm³/mol. The molecule has 4 heteroatoms. The summed E-state index contributed by atoms with van der Waals surface area (Å²) >= 11 is 0. The van der Waals surface area contributed by atoms with Crippen molar-refractivity contribution in [3.63, 3.8) is 0 Å². The first-order valence-corrected chi connectivity index (χ1v) is 9.79. The van der Waals surface area contributed by atoms with Gasteiger partial charge in [-0.3, -0.25) is 4.79 Å². The molecule has 132 valence electrons. The van der Waals surface area contributed by atoms with Gasteiger partial charge in [-0.15, -0.1) is 0 Å². The molecular weight excluding hydrogens is 312 g/mol. The third kappa shape index (κ3) is 2.86. The number of carbonyl (C=O) groups is 1. The Morgan fingerprint density at radius 3 is 2.52 bits per heavy atom. The number of nitrogens with one attached hydrogen (secondary N) is 1. The number of hydrogen-bond donors (Lipinski definition) is 1. The molecule has 0 unspecified atom stereocenters. The molecule has 0 spiro atoms. The van der Waals surface area contributed by atoms with Crippen LogP contribution in [0.4, 0.5) is 0 Å². The van der Waals surface area contributed by atoms with Gasteiger partial charge in [0.1, 0.15) is 5.69 Å². The van der Waals surface area contributed by atoms with E-state index < -0.39 is 0 Å². The van der Waals surface area contributed by atoms with Crippen LogP contribution in [-0.2, 0) is 11.2 Å². The van der Waals surface area contributed by atoms with E-state index in [2.05, 4.69) is 10.5 Å². The van der Waals surface area contributed by atoms with Gasteiger partial charge in [-0.1, -0.05) is 17.3 Å². The van der Waals surface area contributed by atoms with E-state index in [0.717, 1.165) is 47.4 Å². The van der Waals surface area contributed by atoms with Crippen LogP contribution in [-0.4, -0.2) is 17.6 Å². The molecule has 0 atom stereocenters. The van der Waals surface area contributed by atoms with E-state index >= 15 is 0 Å². The Balaban J connectivity index is 1.17. The van der Waals surface area contributed by atoms with Crippen molar-refractivity contribution >= 4 is 16.9 Å². The Morgan fingerprint density at radius 1 is 1.12 bits per heavy atom. The fourth-order valence-electron chi connectivity index (χ4n) is 6.34. The molecule has 4 nitrogen and oxygen atoms in total. The summed E-state index contributed by atoms with van der Waals surface area (Å²) in [6.45, 7) is 0.806. The van der Waals surface area contributed by atoms with Gasteiger partial charge < -0.3 is 9.84 Å². The summed E-state index contributed by atoms with van der Waals surface area (Å²) in [4.78, 5) is 12.3. The third-order valence-electron chi connectivity index (χ3n) is 6.92. The normalized spacial score (nSPS) is 33.0. The largest absolute Gasteiger partial charge is 0.356 e. The van der Waals surface area contributed by atoms with Crippen LogP contribution >= 0.6 is 0 Å². The SMILES string of the molecule is O=C(Cc1noc2ccccc12)NCCC12CC3CC(CC(C3)C1)C2. The Morgan fingerprint density at radius 2 is 1.80 bits per heavy atom. The molecule has 4 fully saturated rings. The van der Waals surface area contributed by atoms with Gasteiger partial charge in [-0.05, 0) is 80.2 Å². The van der Waals surface area contributed by atoms with Crippen LogP contribution in [0.2, 0.25) is 0 Å². The van der Waals surface area contributed by atoms with Gasteiger partial charge in [0, 0.05) is 11.9 Å². The average Bonchev–Trinajstić information content (AvgIpc) is 2.96. The van der Waals surface area contributed by atoms with Gasteiger partial charge in [-0.25, -0.2) is 0 Å². The van der Waals surface area contributed by atoms with Crippen molar-refractivity contribution in [2.75, 3.05) is 6.54 Å². The van der Waals surface area contributed by atoms with Gasteiger partial charge in [0.15, 0.2) is 5.58 Å². The van der Waals surface area contributed by atoms with Crippen LogP contribution in [0.1, 0.15) is 50.6 Å². The molecular formula is C21H26N2O2. The summed E-state index contributed by atoms with van der Waals surface area (Å²) in [6, 6.07) is 7.72. The Labute approximate surface area is 148 Å². The summed E-state index contributed by atoms with van der Waals surface area (Å²) in [5, 5.41) is 8.15. The molecule has 0 aliphatic heterocycles. The molecule has 1 amide bonds. The highest BCUT2D eigenvalue weighted by atomic mass is 16.5. The molecule has 0 radical (unpaired) electrons. The van der Waals surface area contributed by atoms with Gasteiger partial charge in [-0.2, -0.15) is 0 Å². The number of benzene rings is 1. The van der Waals surface area contributed by atoms with E-state index in [1.54, 1.807) is 0 Å². The lowest BCUT2D eigenvalue weighted by molar-refractivity contribution is -0.120. The van der Waals surface area contributed by atoms with E-state index in [9.17, 15) is 4.79 Å².